The Balaban J connectivity index is 1.90. The molecule has 0 aromatic heterocycles. The third-order valence-electron chi connectivity index (χ3n) is 4.53. The van der Waals surface area contributed by atoms with Crippen LogP contribution in [-0.2, 0) is 16.2 Å². The molecule has 0 unspecified atom stereocenters. The van der Waals surface area contributed by atoms with Gasteiger partial charge >= 0.3 is 12.1 Å². The van der Waals surface area contributed by atoms with E-state index in [4.69, 9.17) is 0 Å². The number of anilines is 2. The van der Waals surface area contributed by atoms with Crippen LogP contribution in [0.25, 0.3) is 0 Å². The van der Waals surface area contributed by atoms with Crippen LogP contribution < -0.4 is 10.1 Å². The third kappa shape index (κ3) is 5.92. The number of carboxylic acids is 1. The van der Waals surface area contributed by atoms with Gasteiger partial charge in [-0.15, -0.1) is 0 Å². The van der Waals surface area contributed by atoms with Crippen molar-refractivity contribution < 1.29 is 36.4 Å². The molecule has 0 fully saturated rings. The van der Waals surface area contributed by atoms with Gasteiger partial charge in [0.25, 0.3) is 15.7 Å². The van der Waals surface area contributed by atoms with Crippen molar-refractivity contribution in [3.05, 3.63) is 93.5 Å². The number of nitrogens with one attached hydrogen (secondary N) is 2. The molecule has 3 N–H and O–H groups in total. The Bertz CT molecular complexity index is 1420. The van der Waals surface area contributed by atoms with Gasteiger partial charge < -0.3 is 5.11 Å². The topological polar surface area (TPSA) is 151 Å². The highest BCUT2D eigenvalue weighted by atomic mass is 32.2. The molecule has 3 rings (SSSR count). The van der Waals surface area contributed by atoms with Crippen LogP contribution in [0.15, 0.2) is 76.7 Å². The minimum Gasteiger partial charge on any atom is -0.478 e. The molecule has 0 aliphatic rings. The van der Waals surface area contributed by atoms with Crippen molar-refractivity contribution in [2.75, 3.05) is 10.1 Å². The number of nitro benzene ring substituents is 1. The molecule has 0 amide bonds. The SMILES string of the molecule is O=C(O)c1ccccc1NS(=O)(=O)c1ccc(N/N=C/c2ccccc2C(F)(F)F)c([N+](=O)[O-])c1. The van der Waals surface area contributed by atoms with Gasteiger partial charge in [0.2, 0.25) is 0 Å². The number of nitro groups is 1. The van der Waals surface area contributed by atoms with E-state index in [-0.39, 0.29) is 22.5 Å². The lowest BCUT2D eigenvalue weighted by Gasteiger charge is -2.11. The van der Waals surface area contributed by atoms with Gasteiger partial charge in [0.05, 0.1) is 32.8 Å². The molecule has 0 saturated heterocycles. The maximum Gasteiger partial charge on any atom is 0.417 e. The molecule has 10 nitrogen and oxygen atoms in total. The Morgan fingerprint density at radius 1 is 1.03 bits per heavy atom. The van der Waals surface area contributed by atoms with E-state index < -0.39 is 43.2 Å². The summed E-state index contributed by atoms with van der Waals surface area (Å²) in [6, 6.07) is 12.4. The van der Waals surface area contributed by atoms with Crippen LogP contribution >= 0.6 is 0 Å². The number of nitrogens with zero attached hydrogens (tertiary/aromatic N) is 2. The molecule has 35 heavy (non-hydrogen) atoms. The van der Waals surface area contributed by atoms with Gasteiger partial charge in [-0.1, -0.05) is 30.3 Å². The summed E-state index contributed by atoms with van der Waals surface area (Å²) in [5.41, 5.74) is -0.632. The summed E-state index contributed by atoms with van der Waals surface area (Å²) in [5.74, 6) is -1.39. The van der Waals surface area contributed by atoms with Crippen molar-refractivity contribution in [2.45, 2.75) is 11.1 Å². The largest absolute Gasteiger partial charge is 0.478 e. The smallest absolute Gasteiger partial charge is 0.417 e. The van der Waals surface area contributed by atoms with Gasteiger partial charge in [0.1, 0.15) is 5.69 Å². The highest BCUT2D eigenvalue weighted by Gasteiger charge is 2.32. The number of hydrogen-bond donors (Lipinski definition) is 3. The van der Waals surface area contributed by atoms with Gasteiger partial charge in [-0.25, -0.2) is 13.2 Å². The number of para-hydroxylation sites is 1. The lowest BCUT2D eigenvalue weighted by Crippen LogP contribution is -2.16. The Kier molecular flexibility index (Phi) is 7.05. The predicted molar refractivity (Wildman–Crippen MR) is 120 cm³/mol. The number of carbonyl (C=O) groups is 1. The lowest BCUT2D eigenvalue weighted by atomic mass is 10.1. The summed E-state index contributed by atoms with van der Waals surface area (Å²) in [7, 11) is -4.44. The quantitative estimate of drug-likeness (QED) is 0.229. The molecule has 3 aromatic carbocycles. The highest BCUT2D eigenvalue weighted by Crippen LogP contribution is 2.32. The predicted octanol–water partition coefficient (Wildman–Crippen LogP) is 4.56. The van der Waals surface area contributed by atoms with E-state index in [1.807, 2.05) is 0 Å². The number of aromatic carboxylic acids is 1. The second kappa shape index (κ2) is 9.80. The molecule has 0 bridgehead atoms. The van der Waals surface area contributed by atoms with E-state index in [1.54, 1.807) is 0 Å². The molecule has 0 spiro atoms. The number of rotatable bonds is 8. The van der Waals surface area contributed by atoms with E-state index in [0.29, 0.717) is 6.07 Å². The summed E-state index contributed by atoms with van der Waals surface area (Å²) >= 11 is 0. The van der Waals surface area contributed by atoms with E-state index in [0.717, 1.165) is 30.5 Å². The maximum absolute atomic E-state index is 13.1. The van der Waals surface area contributed by atoms with Crippen LogP contribution in [-0.4, -0.2) is 30.6 Å². The Labute approximate surface area is 195 Å². The van der Waals surface area contributed by atoms with Gasteiger partial charge in [0, 0.05) is 11.6 Å². The Morgan fingerprint density at radius 2 is 1.69 bits per heavy atom. The Morgan fingerprint density at radius 3 is 2.34 bits per heavy atom. The fourth-order valence-corrected chi connectivity index (χ4v) is 4.02. The van der Waals surface area contributed by atoms with Gasteiger partial charge in [0.15, 0.2) is 0 Å². The number of hydrogen-bond acceptors (Lipinski definition) is 7. The zero-order valence-corrected chi connectivity index (χ0v) is 18.2. The van der Waals surface area contributed by atoms with Crippen molar-refractivity contribution in [3.8, 4) is 0 Å². The fraction of sp³-hybridized carbons (Fsp3) is 0.0476. The molecule has 0 radical (unpaired) electrons. The highest BCUT2D eigenvalue weighted by molar-refractivity contribution is 7.92. The molecule has 14 heteroatoms. The molecule has 0 aliphatic carbocycles. The zero-order chi connectivity index (χ0) is 25.8. The average Bonchev–Trinajstić information content (AvgIpc) is 2.78. The normalized spacial score (nSPS) is 11.9. The summed E-state index contributed by atoms with van der Waals surface area (Å²) in [6.07, 6.45) is -3.82. The van der Waals surface area contributed by atoms with Gasteiger partial charge in [-0.3, -0.25) is 20.3 Å². The minimum atomic E-state index is -4.64. The number of carboxylic acid groups (broad SMARTS) is 1. The number of sulfonamides is 1. The molecular formula is C21H15F3N4O6S. The molecular weight excluding hydrogens is 493 g/mol. The van der Waals surface area contributed by atoms with Crippen molar-refractivity contribution in [3.63, 3.8) is 0 Å². The Hall–Kier alpha value is -4.46. The first-order valence-corrected chi connectivity index (χ1v) is 11.0. The van der Waals surface area contributed by atoms with E-state index in [2.05, 4.69) is 15.2 Å². The third-order valence-corrected chi connectivity index (χ3v) is 5.90. The van der Waals surface area contributed by atoms with Crippen molar-refractivity contribution in [1.82, 2.24) is 0 Å². The van der Waals surface area contributed by atoms with E-state index >= 15 is 0 Å². The first-order valence-electron chi connectivity index (χ1n) is 9.49. The molecule has 0 heterocycles. The summed E-state index contributed by atoms with van der Waals surface area (Å²) < 4.78 is 66.7. The van der Waals surface area contributed by atoms with Gasteiger partial charge in [-0.2, -0.15) is 18.3 Å². The van der Waals surface area contributed by atoms with Crippen LogP contribution in [0.5, 0.6) is 0 Å². The van der Waals surface area contributed by atoms with E-state index in [9.17, 15) is 41.6 Å². The zero-order valence-electron chi connectivity index (χ0n) is 17.4. The lowest BCUT2D eigenvalue weighted by molar-refractivity contribution is -0.384. The van der Waals surface area contributed by atoms with Crippen LogP contribution in [0, 0.1) is 10.1 Å². The number of alkyl halides is 3. The van der Waals surface area contributed by atoms with Crippen molar-refractivity contribution in [1.29, 1.82) is 0 Å². The van der Waals surface area contributed by atoms with E-state index in [1.165, 1.54) is 36.4 Å². The molecule has 3 aromatic rings. The minimum absolute atomic E-state index is 0.252. The summed E-state index contributed by atoms with van der Waals surface area (Å²) in [5, 5.41) is 24.3. The van der Waals surface area contributed by atoms with Crippen LogP contribution in [0.3, 0.4) is 0 Å². The van der Waals surface area contributed by atoms with Gasteiger partial charge in [-0.05, 0) is 30.3 Å². The standard InChI is InChI=1S/C21H15F3N4O6S/c22-21(23,24)16-7-3-1-5-13(16)12-25-26-18-10-9-14(11-19(18)28(31)32)35(33,34)27-17-8-4-2-6-15(17)20(29)30/h1-12,26-27H,(H,29,30)/b25-12+. The number of hydrazone groups is 1. The second-order valence-electron chi connectivity index (χ2n) is 6.85. The molecule has 182 valence electrons. The average molecular weight is 508 g/mol. The van der Waals surface area contributed by atoms with Crippen molar-refractivity contribution >= 4 is 39.3 Å². The maximum atomic E-state index is 13.1. The first-order chi connectivity index (χ1) is 16.4. The monoisotopic (exact) mass is 508 g/mol. The first kappa shape index (κ1) is 25.2. The molecule has 0 saturated carbocycles. The number of benzene rings is 3. The molecule has 0 aliphatic heterocycles. The van der Waals surface area contributed by atoms with Crippen molar-refractivity contribution in [2.24, 2.45) is 5.10 Å². The molecule has 0 atom stereocenters. The van der Waals surface area contributed by atoms with Crippen LogP contribution in [0.1, 0.15) is 21.5 Å². The fourth-order valence-electron chi connectivity index (χ4n) is 2.93. The number of halogens is 3. The van der Waals surface area contributed by atoms with Crippen LogP contribution in [0.2, 0.25) is 0 Å². The van der Waals surface area contributed by atoms with Crippen LogP contribution in [0.4, 0.5) is 30.2 Å². The summed E-state index contributed by atoms with van der Waals surface area (Å²) in [6.45, 7) is 0. The second-order valence-corrected chi connectivity index (χ2v) is 8.53. The summed E-state index contributed by atoms with van der Waals surface area (Å²) in [4.78, 5) is 21.3.